The van der Waals surface area contributed by atoms with Crippen LogP contribution in [-0.2, 0) is 25.7 Å². The molecule has 3 N–H and O–H groups in total. The number of carbonyl (C=O) groups excluding carboxylic acids is 2. The maximum Gasteiger partial charge on any atom is 0.347 e. The van der Waals surface area contributed by atoms with Crippen molar-refractivity contribution in [2.24, 2.45) is 29.1 Å². The van der Waals surface area contributed by atoms with Gasteiger partial charge in [-0.2, -0.15) is 0 Å². The average Bonchev–Trinajstić information content (AvgIpc) is 3.75. The molecule has 0 saturated heterocycles. The van der Waals surface area contributed by atoms with Crippen molar-refractivity contribution in [3.63, 3.8) is 0 Å². The third kappa shape index (κ3) is 10.6. The summed E-state index contributed by atoms with van der Waals surface area (Å²) in [6.45, 7) is 22.8. The number of aliphatic hydroxyl groups excluding tert-OH is 1. The lowest BCUT2D eigenvalue weighted by molar-refractivity contribution is -0.153. The normalized spacial score (nSPS) is 19.5. The van der Waals surface area contributed by atoms with E-state index in [2.05, 4.69) is 55.8 Å². The second-order valence-electron chi connectivity index (χ2n) is 13.1. The van der Waals surface area contributed by atoms with E-state index in [1.54, 1.807) is 6.92 Å². The van der Waals surface area contributed by atoms with Crippen LogP contribution in [0, 0.1) is 29.1 Å². The van der Waals surface area contributed by atoms with Gasteiger partial charge in [0.2, 0.25) is 5.91 Å². The van der Waals surface area contributed by atoms with E-state index in [9.17, 15) is 14.7 Å². The first-order valence-electron chi connectivity index (χ1n) is 15.2. The Balaban J connectivity index is 1.77. The number of allylic oxidation sites excluding steroid dienone is 2. The Kier molecular flexibility index (Phi) is 13.4. The highest BCUT2D eigenvalue weighted by Gasteiger charge is 2.43. The minimum atomic E-state index is -0.727. The first-order chi connectivity index (χ1) is 19.7. The van der Waals surface area contributed by atoms with Crippen molar-refractivity contribution >= 4 is 11.9 Å². The number of hydrogen-bond donors (Lipinski definition) is 3. The zero-order chi connectivity index (χ0) is 31.6. The molecule has 0 bridgehead atoms. The van der Waals surface area contributed by atoms with E-state index in [1.807, 2.05) is 45.9 Å². The summed E-state index contributed by atoms with van der Waals surface area (Å²) in [5.74, 6) is 2.50. The molecule has 6 atom stereocenters. The van der Waals surface area contributed by atoms with E-state index in [-0.39, 0.29) is 18.4 Å². The zero-order valence-corrected chi connectivity index (χ0v) is 27.0. The minimum absolute atomic E-state index is 0.0836. The zero-order valence-electron chi connectivity index (χ0n) is 27.0. The predicted octanol–water partition coefficient (Wildman–Crippen LogP) is 6.25. The second-order valence-corrected chi connectivity index (χ2v) is 13.1. The number of aliphatic hydroxyl groups is 1. The number of ether oxygens (including phenoxy) is 2. The Morgan fingerprint density at radius 2 is 1.76 bits per heavy atom. The summed E-state index contributed by atoms with van der Waals surface area (Å²) in [4.78, 5) is 25.0. The van der Waals surface area contributed by atoms with Gasteiger partial charge in [0, 0.05) is 17.7 Å². The van der Waals surface area contributed by atoms with E-state index >= 15 is 0 Å². The number of hydrogen-bond acceptors (Lipinski definition) is 6. The Bertz CT molecular complexity index is 1090. The van der Waals surface area contributed by atoms with Crippen molar-refractivity contribution in [3.05, 3.63) is 72.2 Å². The number of amides is 1. The highest BCUT2D eigenvalue weighted by molar-refractivity contribution is 5.81. The Hall–Kier alpha value is -3.06. The second kappa shape index (κ2) is 16.0. The molecule has 1 aliphatic rings. The average molecular weight is 583 g/mol. The molecule has 1 aromatic carbocycles. The topological polar surface area (TPSA) is 96.9 Å². The fourth-order valence-corrected chi connectivity index (χ4v) is 5.15. The number of benzene rings is 1. The van der Waals surface area contributed by atoms with Crippen molar-refractivity contribution in [1.82, 2.24) is 10.6 Å². The van der Waals surface area contributed by atoms with E-state index in [1.165, 1.54) is 19.1 Å². The maximum absolute atomic E-state index is 12.8. The Labute approximate surface area is 253 Å². The highest BCUT2D eigenvalue weighted by Crippen LogP contribution is 2.54. The smallest absolute Gasteiger partial charge is 0.347 e. The molecule has 0 heterocycles. The van der Waals surface area contributed by atoms with Gasteiger partial charge in [0.1, 0.15) is 6.04 Å². The Morgan fingerprint density at radius 1 is 1.12 bits per heavy atom. The van der Waals surface area contributed by atoms with Gasteiger partial charge < -0.3 is 25.2 Å². The SMILES string of the molecule is C=C(/C=C/CC(C)C(C)C1CC1c1ccc(CO)cc1)NC(C)C(=O)NCC(C)(C)C(=C)OC(CC(C)C)C(=O)OC. The third-order valence-electron chi connectivity index (χ3n) is 8.52. The lowest BCUT2D eigenvalue weighted by Crippen LogP contribution is -2.45. The molecule has 1 saturated carbocycles. The van der Waals surface area contributed by atoms with Crippen LogP contribution in [0.4, 0.5) is 0 Å². The summed E-state index contributed by atoms with van der Waals surface area (Å²) >= 11 is 0. The van der Waals surface area contributed by atoms with E-state index in [4.69, 9.17) is 9.47 Å². The molecule has 42 heavy (non-hydrogen) atoms. The Morgan fingerprint density at radius 3 is 2.33 bits per heavy atom. The quantitative estimate of drug-likeness (QED) is 0.108. The summed E-state index contributed by atoms with van der Waals surface area (Å²) in [6, 6.07) is 7.87. The van der Waals surface area contributed by atoms with E-state index < -0.39 is 23.5 Å². The largest absolute Gasteiger partial charge is 0.483 e. The van der Waals surface area contributed by atoms with Crippen LogP contribution in [-0.4, -0.2) is 42.8 Å². The molecular weight excluding hydrogens is 528 g/mol. The molecule has 0 radical (unpaired) electrons. The summed E-state index contributed by atoms with van der Waals surface area (Å²) in [7, 11) is 1.34. The molecular formula is C35H54N2O5. The van der Waals surface area contributed by atoms with E-state index in [0.29, 0.717) is 48.1 Å². The van der Waals surface area contributed by atoms with Crippen LogP contribution in [0.15, 0.2) is 61.0 Å². The van der Waals surface area contributed by atoms with Gasteiger partial charge in [-0.25, -0.2) is 4.79 Å². The number of methoxy groups -OCH3 is 1. The molecule has 0 aliphatic heterocycles. The van der Waals surface area contributed by atoms with Crippen LogP contribution < -0.4 is 10.6 Å². The minimum Gasteiger partial charge on any atom is -0.483 e. The molecule has 1 aromatic rings. The monoisotopic (exact) mass is 582 g/mol. The van der Waals surface area contributed by atoms with Crippen LogP contribution in [0.25, 0.3) is 0 Å². The first-order valence-corrected chi connectivity index (χ1v) is 15.2. The number of nitrogens with one attached hydrogen (secondary N) is 2. The molecule has 6 unspecified atom stereocenters. The van der Waals surface area contributed by atoms with Crippen LogP contribution in [0.1, 0.15) is 84.8 Å². The van der Waals surface area contributed by atoms with Crippen molar-refractivity contribution < 1.29 is 24.2 Å². The molecule has 2 rings (SSSR count). The lowest BCUT2D eigenvalue weighted by Gasteiger charge is -2.31. The maximum atomic E-state index is 12.8. The molecule has 7 heteroatoms. The van der Waals surface area contributed by atoms with Gasteiger partial charge in [-0.1, -0.05) is 85.0 Å². The number of rotatable bonds is 18. The van der Waals surface area contributed by atoms with Crippen LogP contribution in [0.3, 0.4) is 0 Å². The number of carbonyl (C=O) groups is 2. The van der Waals surface area contributed by atoms with Gasteiger partial charge in [-0.3, -0.25) is 4.79 Å². The summed E-state index contributed by atoms with van der Waals surface area (Å²) < 4.78 is 10.8. The van der Waals surface area contributed by atoms with Gasteiger partial charge in [-0.15, -0.1) is 0 Å². The fourth-order valence-electron chi connectivity index (χ4n) is 5.15. The first kappa shape index (κ1) is 35.1. The van der Waals surface area contributed by atoms with Crippen molar-refractivity contribution in [2.45, 2.75) is 92.4 Å². The molecule has 1 aliphatic carbocycles. The van der Waals surface area contributed by atoms with Crippen molar-refractivity contribution in [3.8, 4) is 0 Å². The molecule has 0 aromatic heterocycles. The molecule has 1 amide bonds. The standard InChI is InChI=1S/C35H54N2O5/c1-22(2)18-32(34(40)41-10)42-27(7)35(8,9)21-36-33(39)26(6)37-24(4)13-11-12-23(3)25(5)30-19-31(30)29-16-14-28(20-38)15-17-29/h11,13-17,22-23,25-26,30-32,37-38H,4,7,12,18-21H2,1-3,5-6,8-10H3,(H,36,39)/b13-11+. The van der Waals surface area contributed by atoms with Crippen LogP contribution >= 0.6 is 0 Å². The third-order valence-corrected chi connectivity index (χ3v) is 8.52. The molecule has 1 fully saturated rings. The van der Waals surface area contributed by atoms with Gasteiger partial charge in [0.05, 0.1) is 19.5 Å². The van der Waals surface area contributed by atoms with Gasteiger partial charge in [0.25, 0.3) is 0 Å². The summed E-state index contributed by atoms with van der Waals surface area (Å²) in [6.07, 6.45) is 6.03. The van der Waals surface area contributed by atoms with Crippen molar-refractivity contribution in [2.75, 3.05) is 13.7 Å². The van der Waals surface area contributed by atoms with Crippen LogP contribution in [0.5, 0.6) is 0 Å². The van der Waals surface area contributed by atoms with Gasteiger partial charge in [-0.05, 0) is 73.0 Å². The predicted molar refractivity (Wildman–Crippen MR) is 169 cm³/mol. The summed E-state index contributed by atoms with van der Waals surface area (Å²) in [5.41, 5.74) is 2.42. The number of esters is 1. The lowest BCUT2D eigenvalue weighted by atomic mass is 9.87. The molecule has 234 valence electrons. The van der Waals surface area contributed by atoms with Gasteiger partial charge >= 0.3 is 5.97 Å². The van der Waals surface area contributed by atoms with Crippen molar-refractivity contribution in [1.29, 1.82) is 0 Å². The fraction of sp³-hybridized carbons (Fsp3) is 0.600. The van der Waals surface area contributed by atoms with Crippen LogP contribution in [0.2, 0.25) is 0 Å². The van der Waals surface area contributed by atoms with E-state index in [0.717, 1.165) is 12.0 Å². The molecule has 7 nitrogen and oxygen atoms in total. The highest BCUT2D eigenvalue weighted by atomic mass is 16.6. The van der Waals surface area contributed by atoms with Gasteiger partial charge in [0.15, 0.2) is 6.10 Å². The summed E-state index contributed by atoms with van der Waals surface area (Å²) in [5, 5.41) is 15.4. The molecule has 0 spiro atoms.